The van der Waals surface area contributed by atoms with Crippen molar-refractivity contribution in [2.75, 3.05) is 13.2 Å². The predicted octanol–water partition coefficient (Wildman–Crippen LogP) is 4.77. The lowest BCUT2D eigenvalue weighted by molar-refractivity contribution is -0.440. The van der Waals surface area contributed by atoms with E-state index in [1.165, 1.54) is 39.2 Å². The summed E-state index contributed by atoms with van der Waals surface area (Å²) in [5, 5.41) is 9.31. The lowest BCUT2D eigenvalue weighted by Gasteiger charge is -2.22. The van der Waals surface area contributed by atoms with Crippen molar-refractivity contribution in [3.8, 4) is 11.1 Å². The smallest absolute Gasteiger partial charge is 0.209 e. The molecule has 4 rings (SSSR count). The molecule has 0 aromatic heterocycles. The molecule has 0 saturated carbocycles. The Morgan fingerprint density at radius 1 is 0.880 bits per heavy atom. The van der Waals surface area contributed by atoms with Crippen molar-refractivity contribution in [2.24, 2.45) is 0 Å². The molecule has 1 aliphatic heterocycles. The molecule has 2 nitrogen and oxygen atoms in total. The van der Waals surface area contributed by atoms with Crippen LogP contribution in [0, 0.1) is 0 Å². The summed E-state index contributed by atoms with van der Waals surface area (Å²) in [6.45, 7) is 12.7. The standard InChI is InChI=1S/C23H28NO/c1-15-22(2,3)20-13-17-16-9-6-7-10-18(16)23(4,5)19(17)14-21(20)24(15)11-8-12-25/h6-7,9-10,13-14,25H,8,11-12H2,1-5H3/q+1. The summed E-state index contributed by atoms with van der Waals surface area (Å²) >= 11 is 0. The number of rotatable bonds is 3. The van der Waals surface area contributed by atoms with Crippen molar-refractivity contribution >= 4 is 11.4 Å². The van der Waals surface area contributed by atoms with Crippen LogP contribution in [0.4, 0.5) is 5.69 Å². The molecule has 130 valence electrons. The van der Waals surface area contributed by atoms with E-state index in [9.17, 15) is 5.11 Å². The molecule has 0 radical (unpaired) electrons. The minimum absolute atomic E-state index is 0.0293. The predicted molar refractivity (Wildman–Crippen MR) is 104 cm³/mol. The van der Waals surface area contributed by atoms with E-state index in [2.05, 4.69) is 75.6 Å². The minimum atomic E-state index is 0.0293. The van der Waals surface area contributed by atoms with E-state index >= 15 is 0 Å². The zero-order valence-corrected chi connectivity index (χ0v) is 16.0. The van der Waals surface area contributed by atoms with E-state index in [1.807, 2.05) is 0 Å². The van der Waals surface area contributed by atoms with Gasteiger partial charge in [0, 0.05) is 37.0 Å². The number of nitrogens with zero attached hydrogens (tertiary/aromatic N) is 1. The largest absolute Gasteiger partial charge is 0.396 e. The molecule has 1 N–H and O–H groups in total. The maximum absolute atomic E-state index is 9.31. The summed E-state index contributed by atoms with van der Waals surface area (Å²) in [6, 6.07) is 13.7. The SMILES string of the molecule is CC1=[N+](CCCO)c2cc3c(cc2C1(C)C)-c1ccccc1C3(C)C. The topological polar surface area (TPSA) is 23.2 Å². The number of aliphatic hydroxyl groups is 1. The van der Waals surface area contributed by atoms with E-state index in [0.29, 0.717) is 0 Å². The summed E-state index contributed by atoms with van der Waals surface area (Å²) in [6.07, 6.45) is 0.799. The van der Waals surface area contributed by atoms with Gasteiger partial charge < -0.3 is 5.11 Å². The molecule has 0 bridgehead atoms. The monoisotopic (exact) mass is 334 g/mol. The Kier molecular flexibility index (Phi) is 3.49. The lowest BCUT2D eigenvalue weighted by atomic mass is 9.78. The van der Waals surface area contributed by atoms with Crippen LogP contribution in [0.5, 0.6) is 0 Å². The van der Waals surface area contributed by atoms with Gasteiger partial charge in [-0.2, -0.15) is 4.58 Å². The molecule has 2 heteroatoms. The average Bonchev–Trinajstić information content (AvgIpc) is 2.92. The van der Waals surface area contributed by atoms with Crippen LogP contribution in [-0.4, -0.2) is 28.5 Å². The van der Waals surface area contributed by atoms with Gasteiger partial charge in [0.2, 0.25) is 5.69 Å². The van der Waals surface area contributed by atoms with Gasteiger partial charge in [-0.1, -0.05) is 38.1 Å². The van der Waals surface area contributed by atoms with Crippen LogP contribution in [-0.2, 0) is 10.8 Å². The highest BCUT2D eigenvalue weighted by Crippen LogP contribution is 2.52. The molecule has 1 aliphatic carbocycles. The first kappa shape index (κ1) is 16.5. The normalized spacial score (nSPS) is 19.0. The molecule has 1 heterocycles. The highest BCUT2D eigenvalue weighted by molar-refractivity contribution is 5.95. The van der Waals surface area contributed by atoms with E-state index in [0.717, 1.165) is 13.0 Å². The molecule has 0 fully saturated rings. The quantitative estimate of drug-likeness (QED) is 0.803. The minimum Gasteiger partial charge on any atom is -0.396 e. The summed E-state index contributed by atoms with van der Waals surface area (Å²) in [5.41, 5.74) is 9.81. The van der Waals surface area contributed by atoms with Crippen LogP contribution >= 0.6 is 0 Å². The molecule has 0 spiro atoms. The van der Waals surface area contributed by atoms with E-state index in [4.69, 9.17) is 0 Å². The molecule has 25 heavy (non-hydrogen) atoms. The molecule has 2 aliphatic rings. The average molecular weight is 334 g/mol. The Bertz CT molecular complexity index is 902. The third kappa shape index (κ3) is 2.10. The Morgan fingerprint density at radius 2 is 1.60 bits per heavy atom. The van der Waals surface area contributed by atoms with Gasteiger partial charge >= 0.3 is 0 Å². The van der Waals surface area contributed by atoms with Gasteiger partial charge in [0.1, 0.15) is 0 Å². The van der Waals surface area contributed by atoms with Crippen molar-refractivity contribution in [3.63, 3.8) is 0 Å². The van der Waals surface area contributed by atoms with Crippen molar-refractivity contribution in [1.82, 2.24) is 0 Å². The molecule has 0 unspecified atom stereocenters. The van der Waals surface area contributed by atoms with Crippen LogP contribution in [0.3, 0.4) is 0 Å². The van der Waals surface area contributed by atoms with Gasteiger partial charge in [0.25, 0.3) is 0 Å². The first-order chi connectivity index (χ1) is 11.8. The molecule has 0 saturated heterocycles. The Labute approximate surface area is 150 Å². The van der Waals surface area contributed by atoms with Gasteiger partial charge in [-0.25, -0.2) is 0 Å². The first-order valence-corrected chi connectivity index (χ1v) is 9.31. The third-order valence-corrected chi connectivity index (χ3v) is 6.51. The van der Waals surface area contributed by atoms with Crippen LogP contribution in [0.25, 0.3) is 11.1 Å². The fraction of sp³-hybridized carbons (Fsp3) is 0.435. The first-order valence-electron chi connectivity index (χ1n) is 9.31. The number of aliphatic hydroxyl groups excluding tert-OH is 1. The number of hydrogen-bond acceptors (Lipinski definition) is 1. The van der Waals surface area contributed by atoms with Gasteiger partial charge in [-0.15, -0.1) is 0 Å². The number of benzene rings is 2. The van der Waals surface area contributed by atoms with Gasteiger partial charge in [0.15, 0.2) is 12.3 Å². The molecule has 0 atom stereocenters. The fourth-order valence-corrected chi connectivity index (χ4v) is 4.69. The van der Waals surface area contributed by atoms with Gasteiger partial charge in [-0.05, 0) is 42.2 Å². The van der Waals surface area contributed by atoms with Gasteiger partial charge in [0.05, 0.1) is 5.41 Å². The number of hydrogen-bond donors (Lipinski definition) is 1. The highest BCUT2D eigenvalue weighted by atomic mass is 16.3. The zero-order valence-electron chi connectivity index (χ0n) is 16.0. The van der Waals surface area contributed by atoms with Crippen LogP contribution in [0.2, 0.25) is 0 Å². The lowest BCUT2D eigenvalue weighted by Crippen LogP contribution is -2.26. The molecule has 2 aromatic rings. The molecule has 0 amide bonds. The second-order valence-electron chi connectivity index (χ2n) is 8.52. The van der Waals surface area contributed by atoms with Crippen LogP contribution < -0.4 is 0 Å². The molecule has 2 aromatic carbocycles. The van der Waals surface area contributed by atoms with Crippen molar-refractivity contribution in [2.45, 2.75) is 51.9 Å². The van der Waals surface area contributed by atoms with E-state index in [1.54, 1.807) is 0 Å². The Hall–Kier alpha value is -1.93. The molecular weight excluding hydrogens is 306 g/mol. The van der Waals surface area contributed by atoms with E-state index < -0.39 is 0 Å². The van der Waals surface area contributed by atoms with E-state index in [-0.39, 0.29) is 17.4 Å². The van der Waals surface area contributed by atoms with Crippen LogP contribution in [0.1, 0.15) is 57.7 Å². The Balaban J connectivity index is 1.96. The second-order valence-corrected chi connectivity index (χ2v) is 8.52. The second kappa shape index (κ2) is 5.28. The summed E-state index contributed by atoms with van der Waals surface area (Å²) < 4.78 is 2.42. The summed E-state index contributed by atoms with van der Waals surface area (Å²) in [7, 11) is 0. The van der Waals surface area contributed by atoms with Crippen LogP contribution in [0.15, 0.2) is 36.4 Å². The highest BCUT2D eigenvalue weighted by Gasteiger charge is 2.46. The maximum atomic E-state index is 9.31. The zero-order chi connectivity index (χ0) is 18.0. The summed E-state index contributed by atoms with van der Waals surface area (Å²) in [5.74, 6) is 0. The maximum Gasteiger partial charge on any atom is 0.209 e. The van der Waals surface area contributed by atoms with Crippen molar-refractivity contribution in [1.29, 1.82) is 0 Å². The fourth-order valence-electron chi connectivity index (χ4n) is 4.69. The summed E-state index contributed by atoms with van der Waals surface area (Å²) in [4.78, 5) is 0. The Morgan fingerprint density at radius 3 is 2.32 bits per heavy atom. The third-order valence-electron chi connectivity index (χ3n) is 6.51. The van der Waals surface area contributed by atoms with Crippen molar-refractivity contribution < 1.29 is 9.68 Å². The molecular formula is C23H28NO+. The van der Waals surface area contributed by atoms with Crippen molar-refractivity contribution in [3.05, 3.63) is 53.1 Å². The number of fused-ring (bicyclic) bond motifs is 4. The van der Waals surface area contributed by atoms with Gasteiger partial charge in [-0.3, -0.25) is 0 Å².